The van der Waals surface area contributed by atoms with Gasteiger partial charge < -0.3 is 5.11 Å². The molecule has 0 radical (unpaired) electrons. The second-order valence-corrected chi connectivity index (χ2v) is 3.88. The number of hydrogen-bond acceptors (Lipinski definition) is 1. The summed E-state index contributed by atoms with van der Waals surface area (Å²) < 4.78 is 0. The third kappa shape index (κ3) is 1.98. The first-order valence-corrected chi connectivity index (χ1v) is 4.64. The van der Waals surface area contributed by atoms with Crippen LogP contribution >= 0.6 is 0 Å². The van der Waals surface area contributed by atoms with Crippen molar-refractivity contribution in [3.05, 3.63) is 23.8 Å². The van der Waals surface area contributed by atoms with Crippen molar-refractivity contribution in [3.63, 3.8) is 0 Å². The Labute approximate surface area is 74.8 Å². The van der Waals surface area contributed by atoms with Gasteiger partial charge in [-0.15, -0.1) is 0 Å². The molecule has 0 aromatic rings. The fraction of sp³-hybridized carbons (Fsp3) is 0.636. The highest BCUT2D eigenvalue weighted by Gasteiger charge is 2.21. The van der Waals surface area contributed by atoms with E-state index in [9.17, 15) is 0 Å². The summed E-state index contributed by atoms with van der Waals surface area (Å²) in [7, 11) is 0. The van der Waals surface area contributed by atoms with Gasteiger partial charge in [-0.1, -0.05) is 26.5 Å². The first-order valence-electron chi connectivity index (χ1n) is 4.64. The van der Waals surface area contributed by atoms with Crippen molar-refractivity contribution in [2.24, 2.45) is 11.8 Å². The molecule has 1 N–H and O–H groups in total. The average Bonchev–Trinajstić information content (AvgIpc) is 2.00. The first-order chi connectivity index (χ1) is 5.65. The van der Waals surface area contributed by atoms with Gasteiger partial charge in [0.15, 0.2) is 0 Å². The molecule has 0 spiro atoms. The predicted molar refractivity (Wildman–Crippen MR) is 51.9 cm³/mol. The summed E-state index contributed by atoms with van der Waals surface area (Å²) in [6.07, 6.45) is 4.22. The lowest BCUT2D eigenvalue weighted by Gasteiger charge is -2.28. The summed E-state index contributed by atoms with van der Waals surface area (Å²) in [5.41, 5.74) is 2.49. The number of aliphatic hydroxyl groups excluding tert-OH is 1. The molecule has 0 aliphatic heterocycles. The number of allylic oxidation sites excluding steroid dienone is 2. The molecule has 0 heterocycles. The third-order valence-electron chi connectivity index (χ3n) is 2.67. The summed E-state index contributed by atoms with van der Waals surface area (Å²) in [6, 6.07) is 0. The molecule has 1 aliphatic carbocycles. The van der Waals surface area contributed by atoms with E-state index < -0.39 is 0 Å². The van der Waals surface area contributed by atoms with Crippen LogP contribution in [0.3, 0.4) is 0 Å². The molecule has 1 rings (SSSR count). The molecule has 1 fully saturated rings. The Kier molecular flexibility index (Phi) is 3.10. The SMILES string of the molecule is C=C1/C(=C/CO)C[C@H](C)C[C@@H]1C. The van der Waals surface area contributed by atoms with Crippen LogP contribution in [-0.4, -0.2) is 11.7 Å². The van der Waals surface area contributed by atoms with Crippen molar-refractivity contribution in [1.29, 1.82) is 0 Å². The maximum atomic E-state index is 8.79. The fourth-order valence-electron chi connectivity index (χ4n) is 1.98. The highest BCUT2D eigenvalue weighted by atomic mass is 16.2. The van der Waals surface area contributed by atoms with E-state index in [2.05, 4.69) is 20.4 Å². The van der Waals surface area contributed by atoms with Crippen LogP contribution in [0.5, 0.6) is 0 Å². The Hall–Kier alpha value is -0.560. The molecule has 2 atom stereocenters. The third-order valence-corrected chi connectivity index (χ3v) is 2.67. The van der Waals surface area contributed by atoms with E-state index in [0.717, 1.165) is 12.3 Å². The second kappa shape index (κ2) is 3.90. The standard InChI is InChI=1S/C11H18O/c1-8-6-9(2)10(3)11(7-8)4-5-12/h4,8-9,12H,3,5-7H2,1-2H3/b11-4+/t8-,9+/m1/s1. The highest BCUT2D eigenvalue weighted by molar-refractivity contribution is 5.32. The van der Waals surface area contributed by atoms with Crippen molar-refractivity contribution in [3.8, 4) is 0 Å². The van der Waals surface area contributed by atoms with Gasteiger partial charge in [0.1, 0.15) is 0 Å². The van der Waals surface area contributed by atoms with E-state index >= 15 is 0 Å². The van der Waals surface area contributed by atoms with Crippen LogP contribution in [0.15, 0.2) is 23.8 Å². The molecule has 1 heteroatoms. The van der Waals surface area contributed by atoms with Crippen LogP contribution < -0.4 is 0 Å². The smallest absolute Gasteiger partial charge is 0.0618 e. The van der Waals surface area contributed by atoms with Gasteiger partial charge in [-0.05, 0) is 35.8 Å². The Bertz CT molecular complexity index is 203. The zero-order chi connectivity index (χ0) is 9.14. The van der Waals surface area contributed by atoms with Crippen LogP contribution in [-0.2, 0) is 0 Å². The van der Waals surface area contributed by atoms with Gasteiger partial charge in [-0.2, -0.15) is 0 Å². The zero-order valence-electron chi connectivity index (χ0n) is 8.01. The number of rotatable bonds is 1. The van der Waals surface area contributed by atoms with Gasteiger partial charge in [0.05, 0.1) is 6.61 Å². The minimum atomic E-state index is 0.147. The van der Waals surface area contributed by atoms with Crippen LogP contribution in [0.1, 0.15) is 26.7 Å². The quantitative estimate of drug-likeness (QED) is 0.634. The average molecular weight is 166 g/mol. The summed E-state index contributed by atoms with van der Waals surface area (Å²) in [6.45, 7) is 8.67. The molecule has 0 bridgehead atoms. The molecule has 0 saturated heterocycles. The molecule has 1 aliphatic rings. The molecule has 12 heavy (non-hydrogen) atoms. The van der Waals surface area contributed by atoms with Crippen LogP contribution in [0, 0.1) is 11.8 Å². The van der Waals surface area contributed by atoms with E-state index in [1.807, 2.05) is 6.08 Å². The summed E-state index contributed by atoms with van der Waals surface area (Å²) in [5, 5.41) is 8.79. The predicted octanol–water partition coefficient (Wildman–Crippen LogP) is 2.53. The largest absolute Gasteiger partial charge is 0.392 e. The Morgan fingerprint density at radius 2 is 2.25 bits per heavy atom. The Morgan fingerprint density at radius 3 is 2.83 bits per heavy atom. The Balaban J connectivity index is 2.73. The molecule has 1 nitrogen and oxygen atoms in total. The minimum Gasteiger partial charge on any atom is -0.392 e. The van der Waals surface area contributed by atoms with Crippen LogP contribution in [0.25, 0.3) is 0 Å². The maximum absolute atomic E-state index is 8.79. The topological polar surface area (TPSA) is 20.2 Å². The molecule has 0 aromatic carbocycles. The zero-order valence-corrected chi connectivity index (χ0v) is 8.01. The summed E-state index contributed by atoms with van der Waals surface area (Å²) in [4.78, 5) is 0. The monoisotopic (exact) mass is 166 g/mol. The summed E-state index contributed by atoms with van der Waals surface area (Å²) in [5.74, 6) is 1.33. The van der Waals surface area contributed by atoms with Crippen molar-refractivity contribution in [1.82, 2.24) is 0 Å². The lowest BCUT2D eigenvalue weighted by molar-refractivity contribution is 0.338. The van der Waals surface area contributed by atoms with Crippen molar-refractivity contribution in [2.75, 3.05) is 6.61 Å². The molecule has 0 amide bonds. The Morgan fingerprint density at radius 1 is 1.58 bits per heavy atom. The van der Waals surface area contributed by atoms with Gasteiger partial charge in [-0.3, -0.25) is 0 Å². The molecule has 68 valence electrons. The van der Waals surface area contributed by atoms with Gasteiger partial charge in [0.2, 0.25) is 0 Å². The van der Waals surface area contributed by atoms with Crippen molar-refractivity contribution in [2.45, 2.75) is 26.7 Å². The van der Waals surface area contributed by atoms with E-state index in [-0.39, 0.29) is 6.61 Å². The molecule has 1 saturated carbocycles. The van der Waals surface area contributed by atoms with Gasteiger partial charge >= 0.3 is 0 Å². The normalized spacial score (nSPS) is 34.2. The maximum Gasteiger partial charge on any atom is 0.0618 e. The number of hydrogen-bond donors (Lipinski definition) is 1. The van der Waals surface area contributed by atoms with Gasteiger partial charge in [0.25, 0.3) is 0 Å². The van der Waals surface area contributed by atoms with E-state index in [1.165, 1.54) is 17.6 Å². The molecular weight excluding hydrogens is 148 g/mol. The lowest BCUT2D eigenvalue weighted by Crippen LogP contribution is -2.15. The van der Waals surface area contributed by atoms with Gasteiger partial charge in [0, 0.05) is 0 Å². The minimum absolute atomic E-state index is 0.147. The lowest BCUT2D eigenvalue weighted by atomic mass is 9.77. The highest BCUT2D eigenvalue weighted by Crippen LogP contribution is 2.35. The molecule has 0 aromatic heterocycles. The van der Waals surface area contributed by atoms with Crippen LogP contribution in [0.4, 0.5) is 0 Å². The summed E-state index contributed by atoms with van der Waals surface area (Å²) >= 11 is 0. The van der Waals surface area contributed by atoms with Crippen LogP contribution in [0.2, 0.25) is 0 Å². The van der Waals surface area contributed by atoms with Crippen molar-refractivity contribution >= 4 is 0 Å². The van der Waals surface area contributed by atoms with Crippen molar-refractivity contribution < 1.29 is 5.11 Å². The second-order valence-electron chi connectivity index (χ2n) is 3.88. The fourth-order valence-corrected chi connectivity index (χ4v) is 1.98. The molecule has 0 unspecified atom stereocenters. The number of aliphatic hydroxyl groups is 1. The van der Waals surface area contributed by atoms with E-state index in [0.29, 0.717) is 5.92 Å². The van der Waals surface area contributed by atoms with Gasteiger partial charge in [-0.25, -0.2) is 0 Å². The van der Waals surface area contributed by atoms with E-state index in [4.69, 9.17) is 5.11 Å². The molecular formula is C11H18O. The van der Waals surface area contributed by atoms with E-state index in [1.54, 1.807) is 0 Å². The first kappa shape index (κ1) is 9.53.